The number of pyridine rings is 1. The summed E-state index contributed by atoms with van der Waals surface area (Å²) in [6.45, 7) is 8.37. The molecule has 0 aliphatic heterocycles. The summed E-state index contributed by atoms with van der Waals surface area (Å²) in [5.41, 5.74) is 7.02. The van der Waals surface area contributed by atoms with Gasteiger partial charge in [0.2, 0.25) is 0 Å². The van der Waals surface area contributed by atoms with E-state index in [0.717, 1.165) is 16.6 Å². The molecule has 0 fully saturated rings. The van der Waals surface area contributed by atoms with Crippen LogP contribution in [-0.4, -0.2) is 9.91 Å². The first-order chi connectivity index (χ1) is 9.20. The highest BCUT2D eigenvalue weighted by Crippen LogP contribution is 2.19. The fraction of sp³-hybridized carbons (Fsp3) is 0.357. The van der Waals surface area contributed by atoms with Crippen LogP contribution in [0.3, 0.4) is 0 Å². The molecule has 104 valence electrons. The molecule has 1 aromatic carbocycles. The predicted octanol–water partition coefficient (Wildman–Crippen LogP) is 3.65. The summed E-state index contributed by atoms with van der Waals surface area (Å²) >= 11 is 0. The molecule has 2 aromatic rings. The number of nitro groups is 1. The highest BCUT2D eigenvalue weighted by molar-refractivity contribution is 5.81. The maximum absolute atomic E-state index is 10.5. The van der Waals surface area contributed by atoms with Crippen molar-refractivity contribution in [3.63, 3.8) is 0 Å². The van der Waals surface area contributed by atoms with E-state index in [2.05, 4.69) is 4.98 Å². The van der Waals surface area contributed by atoms with E-state index in [1.54, 1.807) is 18.2 Å². The van der Waals surface area contributed by atoms with Gasteiger partial charge in [0, 0.05) is 24.1 Å². The molecular weight excluding hydrogens is 242 g/mol. The third-order valence-corrected chi connectivity index (χ3v) is 2.15. The molecule has 5 nitrogen and oxygen atoms in total. The Kier molecular flexibility index (Phi) is 8.04. The Hall–Kier alpha value is -2.01. The van der Waals surface area contributed by atoms with Crippen molar-refractivity contribution >= 4 is 16.6 Å². The zero-order chi connectivity index (χ0) is 14.8. The Morgan fingerprint density at radius 1 is 1.16 bits per heavy atom. The van der Waals surface area contributed by atoms with Gasteiger partial charge in [-0.3, -0.25) is 15.1 Å². The average Bonchev–Trinajstić information content (AvgIpc) is 2.50. The molecule has 0 atom stereocenters. The van der Waals surface area contributed by atoms with Gasteiger partial charge in [-0.15, -0.1) is 0 Å². The van der Waals surface area contributed by atoms with Crippen LogP contribution in [0.1, 0.15) is 33.4 Å². The minimum Gasteiger partial charge on any atom is -0.325 e. The molecule has 0 aliphatic rings. The maximum Gasteiger partial charge on any atom is 0.270 e. The summed E-state index contributed by atoms with van der Waals surface area (Å²) in [6.07, 6.45) is 0. The standard InChI is InChI=1S/C10H9N3O2.2C2H6/c11-6-8-2-1-7-5-9(13(14)15)3-4-10(7)12-8;2*1-2/h1-5H,6,11H2;2*1-2H3. The third-order valence-electron chi connectivity index (χ3n) is 2.15. The highest BCUT2D eigenvalue weighted by atomic mass is 16.6. The number of nitro benzene ring substituents is 1. The van der Waals surface area contributed by atoms with Crippen LogP contribution in [-0.2, 0) is 6.54 Å². The summed E-state index contributed by atoms with van der Waals surface area (Å²) in [6, 6.07) is 8.13. The highest BCUT2D eigenvalue weighted by Gasteiger charge is 2.06. The Morgan fingerprint density at radius 3 is 2.32 bits per heavy atom. The van der Waals surface area contributed by atoms with Gasteiger partial charge in [-0.25, -0.2) is 0 Å². The van der Waals surface area contributed by atoms with E-state index in [-0.39, 0.29) is 5.69 Å². The number of rotatable bonds is 2. The summed E-state index contributed by atoms with van der Waals surface area (Å²) in [5, 5.41) is 11.3. The van der Waals surface area contributed by atoms with Crippen molar-refractivity contribution in [2.24, 2.45) is 5.73 Å². The monoisotopic (exact) mass is 263 g/mol. The van der Waals surface area contributed by atoms with E-state index in [0.29, 0.717) is 6.54 Å². The molecule has 0 radical (unpaired) electrons. The first kappa shape index (κ1) is 17.0. The predicted molar refractivity (Wildman–Crippen MR) is 79.0 cm³/mol. The summed E-state index contributed by atoms with van der Waals surface area (Å²) < 4.78 is 0. The lowest BCUT2D eigenvalue weighted by molar-refractivity contribution is -0.384. The topological polar surface area (TPSA) is 82.0 Å². The van der Waals surface area contributed by atoms with Gasteiger partial charge >= 0.3 is 0 Å². The fourth-order valence-electron chi connectivity index (χ4n) is 1.38. The SMILES string of the molecule is CC.CC.NCc1ccc2cc([N+](=O)[O-])ccc2n1. The molecule has 0 bridgehead atoms. The van der Waals surface area contributed by atoms with Gasteiger partial charge in [0.25, 0.3) is 5.69 Å². The van der Waals surface area contributed by atoms with Gasteiger partial charge in [0.1, 0.15) is 0 Å². The van der Waals surface area contributed by atoms with Crippen LogP contribution in [0.4, 0.5) is 5.69 Å². The van der Waals surface area contributed by atoms with Crippen molar-refractivity contribution in [2.75, 3.05) is 0 Å². The van der Waals surface area contributed by atoms with E-state index in [4.69, 9.17) is 5.73 Å². The van der Waals surface area contributed by atoms with Crippen molar-refractivity contribution in [2.45, 2.75) is 34.2 Å². The molecule has 19 heavy (non-hydrogen) atoms. The Morgan fingerprint density at radius 2 is 1.79 bits per heavy atom. The molecule has 0 saturated heterocycles. The average molecular weight is 263 g/mol. The quantitative estimate of drug-likeness (QED) is 0.662. The maximum atomic E-state index is 10.5. The van der Waals surface area contributed by atoms with Crippen LogP contribution in [0.2, 0.25) is 0 Å². The number of aromatic nitrogens is 1. The molecule has 2 N–H and O–H groups in total. The molecular formula is C14H21N3O2. The minimum atomic E-state index is -0.420. The molecule has 0 unspecified atom stereocenters. The van der Waals surface area contributed by atoms with Crippen LogP contribution in [0.5, 0.6) is 0 Å². The van der Waals surface area contributed by atoms with E-state index >= 15 is 0 Å². The van der Waals surface area contributed by atoms with Crippen molar-refractivity contribution in [1.82, 2.24) is 4.98 Å². The molecule has 1 heterocycles. The number of hydrogen-bond acceptors (Lipinski definition) is 4. The Balaban J connectivity index is 0.000000741. The van der Waals surface area contributed by atoms with Gasteiger partial charge in [-0.2, -0.15) is 0 Å². The lowest BCUT2D eigenvalue weighted by Gasteiger charge is -1.99. The second-order valence-electron chi connectivity index (χ2n) is 3.14. The smallest absolute Gasteiger partial charge is 0.270 e. The van der Waals surface area contributed by atoms with Gasteiger partial charge in [0.05, 0.1) is 16.1 Å². The van der Waals surface area contributed by atoms with Crippen LogP contribution >= 0.6 is 0 Å². The Labute approximate surface area is 113 Å². The van der Waals surface area contributed by atoms with Crippen molar-refractivity contribution in [3.8, 4) is 0 Å². The van der Waals surface area contributed by atoms with Crippen LogP contribution < -0.4 is 5.73 Å². The number of nitrogens with two attached hydrogens (primary N) is 1. The molecule has 1 aromatic heterocycles. The molecule has 0 spiro atoms. The molecule has 0 amide bonds. The molecule has 0 aliphatic carbocycles. The normalized spacial score (nSPS) is 8.89. The van der Waals surface area contributed by atoms with Gasteiger partial charge in [-0.05, 0) is 12.1 Å². The number of non-ortho nitro benzene ring substituents is 1. The number of nitrogens with zero attached hydrogens (tertiary/aromatic N) is 2. The number of benzene rings is 1. The Bertz CT molecular complexity index is 527. The lowest BCUT2D eigenvalue weighted by Crippen LogP contribution is -1.99. The second kappa shape index (κ2) is 8.99. The zero-order valence-corrected chi connectivity index (χ0v) is 11.9. The fourth-order valence-corrected chi connectivity index (χ4v) is 1.38. The molecule has 5 heteroatoms. The first-order valence-electron chi connectivity index (χ1n) is 6.45. The summed E-state index contributed by atoms with van der Waals surface area (Å²) in [7, 11) is 0. The van der Waals surface area contributed by atoms with Crippen LogP contribution in [0.15, 0.2) is 30.3 Å². The third kappa shape index (κ3) is 4.63. The van der Waals surface area contributed by atoms with E-state index < -0.39 is 4.92 Å². The van der Waals surface area contributed by atoms with E-state index in [1.165, 1.54) is 12.1 Å². The molecule has 2 rings (SSSR count). The number of hydrogen-bond donors (Lipinski definition) is 1. The summed E-state index contributed by atoms with van der Waals surface area (Å²) in [4.78, 5) is 14.4. The summed E-state index contributed by atoms with van der Waals surface area (Å²) in [5.74, 6) is 0. The van der Waals surface area contributed by atoms with Crippen molar-refractivity contribution in [1.29, 1.82) is 0 Å². The van der Waals surface area contributed by atoms with Gasteiger partial charge in [-0.1, -0.05) is 33.8 Å². The van der Waals surface area contributed by atoms with Crippen LogP contribution in [0, 0.1) is 10.1 Å². The van der Waals surface area contributed by atoms with Gasteiger partial charge in [0.15, 0.2) is 0 Å². The van der Waals surface area contributed by atoms with E-state index in [1.807, 2.05) is 27.7 Å². The van der Waals surface area contributed by atoms with Gasteiger partial charge < -0.3 is 5.73 Å². The minimum absolute atomic E-state index is 0.0739. The van der Waals surface area contributed by atoms with Crippen LogP contribution in [0.25, 0.3) is 10.9 Å². The largest absolute Gasteiger partial charge is 0.325 e. The number of fused-ring (bicyclic) bond motifs is 1. The first-order valence-corrected chi connectivity index (χ1v) is 6.45. The van der Waals surface area contributed by atoms with Crippen molar-refractivity contribution < 1.29 is 4.92 Å². The van der Waals surface area contributed by atoms with Crippen molar-refractivity contribution in [3.05, 3.63) is 46.1 Å². The zero-order valence-electron chi connectivity index (χ0n) is 11.9. The second-order valence-corrected chi connectivity index (χ2v) is 3.14. The lowest BCUT2D eigenvalue weighted by atomic mass is 10.2. The van der Waals surface area contributed by atoms with E-state index in [9.17, 15) is 10.1 Å². The molecule has 0 saturated carbocycles.